The van der Waals surface area contributed by atoms with E-state index in [9.17, 15) is 14.0 Å². The first-order valence-electron chi connectivity index (χ1n) is 9.49. The van der Waals surface area contributed by atoms with Crippen LogP contribution < -0.4 is 15.4 Å². The summed E-state index contributed by atoms with van der Waals surface area (Å²) in [5.41, 5.74) is 1.33. The van der Waals surface area contributed by atoms with E-state index in [4.69, 9.17) is 9.15 Å². The molecular formula is C22H17FN4O4S. The number of carbonyl (C=O) groups excluding carboxylic acids is 2. The smallest absolute Gasteiger partial charge is 0.293 e. The number of nitrogens with one attached hydrogen (secondary N) is 2. The van der Waals surface area contributed by atoms with Crippen molar-refractivity contribution in [2.75, 3.05) is 5.32 Å². The Balaban J connectivity index is 1.24. The monoisotopic (exact) mass is 452 g/mol. The van der Waals surface area contributed by atoms with Crippen molar-refractivity contribution in [3.63, 3.8) is 0 Å². The van der Waals surface area contributed by atoms with Gasteiger partial charge in [0.15, 0.2) is 10.9 Å². The standard InChI is InChI=1S/C22H17FN4O4S/c23-15-4-6-17(7-5-15)31-20-8-3-14(12-25-20)11-24-19(28)10-16-13-32-22(26-16)27-21(29)18-2-1-9-30-18/h1-9,12-13H,10-11H2,(H,24,28)(H,26,27,29). The maximum absolute atomic E-state index is 12.9. The van der Waals surface area contributed by atoms with E-state index in [0.717, 1.165) is 5.56 Å². The number of ether oxygens (including phenoxy) is 1. The van der Waals surface area contributed by atoms with Gasteiger partial charge in [-0.25, -0.2) is 14.4 Å². The second kappa shape index (κ2) is 9.84. The van der Waals surface area contributed by atoms with Gasteiger partial charge in [0.1, 0.15) is 11.6 Å². The average Bonchev–Trinajstić information content (AvgIpc) is 3.47. The van der Waals surface area contributed by atoms with Crippen LogP contribution in [0.4, 0.5) is 9.52 Å². The zero-order valence-corrected chi connectivity index (χ0v) is 17.4. The first kappa shape index (κ1) is 21.2. The molecule has 4 rings (SSSR count). The number of hydrogen-bond acceptors (Lipinski definition) is 7. The number of thiazole rings is 1. The zero-order chi connectivity index (χ0) is 22.3. The Bertz CT molecular complexity index is 1190. The lowest BCUT2D eigenvalue weighted by atomic mass is 10.2. The average molecular weight is 452 g/mol. The Hall–Kier alpha value is -4.05. The SMILES string of the molecule is O=C(Cc1csc(NC(=O)c2ccco2)n1)NCc1ccc(Oc2ccc(F)cc2)nc1. The van der Waals surface area contributed by atoms with E-state index in [1.807, 2.05) is 0 Å². The third kappa shape index (κ3) is 5.76. The second-order valence-electron chi connectivity index (χ2n) is 6.59. The van der Waals surface area contributed by atoms with E-state index >= 15 is 0 Å². The molecule has 0 aliphatic heterocycles. The van der Waals surface area contributed by atoms with Gasteiger partial charge in [-0.1, -0.05) is 6.07 Å². The summed E-state index contributed by atoms with van der Waals surface area (Å²) >= 11 is 1.23. The number of halogens is 1. The van der Waals surface area contributed by atoms with E-state index in [0.29, 0.717) is 22.5 Å². The first-order valence-corrected chi connectivity index (χ1v) is 10.4. The van der Waals surface area contributed by atoms with Crippen LogP contribution >= 0.6 is 11.3 Å². The largest absolute Gasteiger partial charge is 0.459 e. The maximum atomic E-state index is 12.9. The fourth-order valence-corrected chi connectivity index (χ4v) is 3.34. The summed E-state index contributed by atoms with van der Waals surface area (Å²) in [5.74, 6) is 0.0536. The molecule has 3 heterocycles. The molecule has 0 bridgehead atoms. The van der Waals surface area contributed by atoms with Crippen LogP contribution in [0, 0.1) is 5.82 Å². The van der Waals surface area contributed by atoms with Crippen LogP contribution in [0.5, 0.6) is 11.6 Å². The molecule has 0 aliphatic rings. The van der Waals surface area contributed by atoms with Crippen molar-refractivity contribution in [3.05, 3.63) is 89.2 Å². The predicted octanol–water partition coefficient (Wildman–Crippen LogP) is 4.17. The molecule has 2 N–H and O–H groups in total. The van der Waals surface area contributed by atoms with Crippen LogP contribution in [0.3, 0.4) is 0 Å². The molecule has 0 unspecified atom stereocenters. The van der Waals surface area contributed by atoms with Gasteiger partial charge in [0.05, 0.1) is 18.4 Å². The molecule has 0 saturated heterocycles. The van der Waals surface area contributed by atoms with Crippen LogP contribution in [0.2, 0.25) is 0 Å². The van der Waals surface area contributed by atoms with E-state index in [2.05, 4.69) is 20.6 Å². The highest BCUT2D eigenvalue weighted by atomic mass is 32.1. The number of anilines is 1. The van der Waals surface area contributed by atoms with Gasteiger partial charge in [0.25, 0.3) is 5.91 Å². The number of rotatable bonds is 8. The molecule has 162 valence electrons. The highest BCUT2D eigenvalue weighted by Crippen LogP contribution is 2.20. The molecule has 8 nitrogen and oxygen atoms in total. The Morgan fingerprint density at radius 2 is 1.97 bits per heavy atom. The van der Waals surface area contributed by atoms with Gasteiger partial charge < -0.3 is 14.5 Å². The summed E-state index contributed by atoms with van der Waals surface area (Å²) in [4.78, 5) is 32.6. The van der Waals surface area contributed by atoms with Crippen molar-refractivity contribution in [3.8, 4) is 11.6 Å². The van der Waals surface area contributed by atoms with E-state index in [1.54, 1.807) is 35.8 Å². The lowest BCUT2D eigenvalue weighted by Gasteiger charge is -2.07. The normalized spacial score (nSPS) is 10.5. The number of hydrogen-bond donors (Lipinski definition) is 2. The molecule has 0 radical (unpaired) electrons. The van der Waals surface area contributed by atoms with Crippen molar-refractivity contribution >= 4 is 28.3 Å². The molecule has 2 amide bonds. The molecule has 10 heteroatoms. The van der Waals surface area contributed by atoms with Crippen LogP contribution in [0.1, 0.15) is 21.8 Å². The van der Waals surface area contributed by atoms with Crippen molar-refractivity contribution < 1.29 is 23.1 Å². The summed E-state index contributed by atoms with van der Waals surface area (Å²) in [6, 6.07) is 12.2. The summed E-state index contributed by atoms with van der Waals surface area (Å²) < 4.78 is 23.5. The van der Waals surface area contributed by atoms with Crippen LogP contribution in [-0.4, -0.2) is 21.8 Å². The third-order valence-electron chi connectivity index (χ3n) is 4.18. The molecule has 0 spiro atoms. The summed E-state index contributed by atoms with van der Waals surface area (Å²) in [7, 11) is 0. The minimum absolute atomic E-state index is 0.0757. The number of benzene rings is 1. The van der Waals surface area contributed by atoms with Gasteiger partial charge in [-0.05, 0) is 42.0 Å². The van der Waals surface area contributed by atoms with Gasteiger partial charge in [-0.3, -0.25) is 14.9 Å². The topological polar surface area (TPSA) is 106 Å². The summed E-state index contributed by atoms with van der Waals surface area (Å²) in [5, 5.41) is 7.51. The van der Waals surface area contributed by atoms with Gasteiger partial charge >= 0.3 is 0 Å². The van der Waals surface area contributed by atoms with Gasteiger partial charge in [0.2, 0.25) is 11.8 Å². The van der Waals surface area contributed by atoms with E-state index in [-0.39, 0.29) is 30.5 Å². The Morgan fingerprint density at radius 1 is 1.12 bits per heavy atom. The van der Waals surface area contributed by atoms with Crippen LogP contribution in [-0.2, 0) is 17.8 Å². The number of amides is 2. The molecule has 0 atom stereocenters. The fourth-order valence-electron chi connectivity index (χ4n) is 2.64. The Labute approximate surface area is 186 Å². The highest BCUT2D eigenvalue weighted by Gasteiger charge is 2.13. The summed E-state index contributed by atoms with van der Waals surface area (Å²) in [6.07, 6.45) is 3.07. The predicted molar refractivity (Wildman–Crippen MR) is 115 cm³/mol. The molecule has 32 heavy (non-hydrogen) atoms. The number of furan rings is 1. The second-order valence-corrected chi connectivity index (χ2v) is 7.45. The molecule has 4 aromatic rings. The van der Waals surface area contributed by atoms with Crippen molar-refractivity contribution in [1.82, 2.24) is 15.3 Å². The Morgan fingerprint density at radius 3 is 2.69 bits per heavy atom. The van der Waals surface area contributed by atoms with Gasteiger partial charge in [-0.2, -0.15) is 0 Å². The quantitative estimate of drug-likeness (QED) is 0.416. The molecule has 0 fully saturated rings. The van der Waals surface area contributed by atoms with Crippen molar-refractivity contribution in [1.29, 1.82) is 0 Å². The lowest BCUT2D eigenvalue weighted by Crippen LogP contribution is -2.24. The van der Waals surface area contributed by atoms with Gasteiger partial charge in [0, 0.05) is 24.2 Å². The third-order valence-corrected chi connectivity index (χ3v) is 4.99. The number of nitrogens with zero attached hydrogens (tertiary/aromatic N) is 2. The van der Waals surface area contributed by atoms with E-state index < -0.39 is 5.91 Å². The highest BCUT2D eigenvalue weighted by molar-refractivity contribution is 7.14. The van der Waals surface area contributed by atoms with Gasteiger partial charge in [-0.15, -0.1) is 11.3 Å². The van der Waals surface area contributed by atoms with Crippen LogP contribution in [0.15, 0.2) is 70.8 Å². The van der Waals surface area contributed by atoms with Crippen LogP contribution in [0.25, 0.3) is 0 Å². The Kier molecular flexibility index (Phi) is 6.52. The molecular weight excluding hydrogens is 435 g/mol. The zero-order valence-electron chi connectivity index (χ0n) is 16.6. The fraction of sp³-hybridized carbons (Fsp3) is 0.0909. The maximum Gasteiger partial charge on any atom is 0.293 e. The molecule has 0 aliphatic carbocycles. The number of aromatic nitrogens is 2. The summed E-state index contributed by atoms with van der Waals surface area (Å²) in [6.45, 7) is 0.287. The minimum Gasteiger partial charge on any atom is -0.459 e. The number of carbonyl (C=O) groups is 2. The van der Waals surface area contributed by atoms with Crippen molar-refractivity contribution in [2.24, 2.45) is 0 Å². The molecule has 0 saturated carbocycles. The minimum atomic E-state index is -0.403. The lowest BCUT2D eigenvalue weighted by molar-refractivity contribution is -0.120. The first-order chi connectivity index (χ1) is 15.5. The molecule has 3 aromatic heterocycles. The number of pyridine rings is 1. The van der Waals surface area contributed by atoms with E-state index in [1.165, 1.54) is 41.9 Å². The molecule has 1 aromatic carbocycles. The van der Waals surface area contributed by atoms with Crippen molar-refractivity contribution in [2.45, 2.75) is 13.0 Å².